The minimum atomic E-state index is -0.794. The zero-order valence-corrected chi connectivity index (χ0v) is 18.3. The Kier molecular flexibility index (Phi) is 6.26. The van der Waals surface area contributed by atoms with Gasteiger partial charge in [0.2, 0.25) is 0 Å². The van der Waals surface area contributed by atoms with Gasteiger partial charge in [0.1, 0.15) is 23.4 Å². The van der Waals surface area contributed by atoms with Gasteiger partial charge in [-0.1, -0.05) is 38.7 Å². The van der Waals surface area contributed by atoms with Gasteiger partial charge >= 0.3 is 11.9 Å². The van der Waals surface area contributed by atoms with Crippen LogP contribution in [0.1, 0.15) is 91.4 Å². The number of carbonyl (C=O) groups excluding carboxylic acids is 3. The van der Waals surface area contributed by atoms with E-state index >= 15 is 0 Å². The molecule has 29 heavy (non-hydrogen) atoms. The number of ether oxygens (including phenoxy) is 2. The van der Waals surface area contributed by atoms with Crippen molar-refractivity contribution in [2.24, 2.45) is 17.3 Å². The van der Waals surface area contributed by atoms with Crippen LogP contribution in [0.2, 0.25) is 0 Å². The van der Waals surface area contributed by atoms with Crippen molar-refractivity contribution < 1.29 is 23.9 Å². The molecule has 3 saturated carbocycles. The van der Waals surface area contributed by atoms with Crippen LogP contribution in [0.3, 0.4) is 0 Å². The van der Waals surface area contributed by atoms with Crippen molar-refractivity contribution in [2.75, 3.05) is 0 Å². The highest BCUT2D eigenvalue weighted by atomic mass is 16.6. The van der Waals surface area contributed by atoms with Crippen LogP contribution in [-0.2, 0) is 23.9 Å². The molecule has 3 aliphatic carbocycles. The molecule has 0 aromatic carbocycles. The summed E-state index contributed by atoms with van der Waals surface area (Å²) in [5.74, 6) is 0.0410. The Morgan fingerprint density at radius 2 is 1.66 bits per heavy atom. The predicted molar refractivity (Wildman–Crippen MR) is 110 cm³/mol. The lowest BCUT2D eigenvalue weighted by Crippen LogP contribution is -2.68. The van der Waals surface area contributed by atoms with Crippen molar-refractivity contribution in [1.29, 1.82) is 0 Å². The normalized spacial score (nSPS) is 34.3. The second-order valence-corrected chi connectivity index (χ2v) is 9.98. The van der Waals surface area contributed by atoms with Crippen LogP contribution in [0, 0.1) is 17.3 Å². The van der Waals surface area contributed by atoms with E-state index < -0.39 is 28.6 Å². The Morgan fingerprint density at radius 1 is 1.03 bits per heavy atom. The Bertz CT molecular complexity index is 681. The third kappa shape index (κ3) is 4.02. The molecule has 0 radical (unpaired) electrons. The van der Waals surface area contributed by atoms with Crippen molar-refractivity contribution in [3.05, 3.63) is 12.7 Å². The fourth-order valence-electron chi connectivity index (χ4n) is 6.72. The molecule has 0 aromatic heterocycles. The predicted octanol–water partition coefficient (Wildman–Crippen LogP) is 4.92. The van der Waals surface area contributed by atoms with Crippen LogP contribution in [0.5, 0.6) is 0 Å². The van der Waals surface area contributed by atoms with Gasteiger partial charge in [-0.3, -0.25) is 9.59 Å². The molecule has 0 saturated heterocycles. The molecule has 162 valence electrons. The maximum atomic E-state index is 12.7. The van der Waals surface area contributed by atoms with Crippen LogP contribution >= 0.6 is 0 Å². The number of ketones is 1. The monoisotopic (exact) mass is 404 g/mol. The molecule has 0 amide bonds. The standard InChI is InChI=1S/C24H36O5/c1-5-20(26)28-22(3,4)23-12-8-9-13-24(23,29-21(27)14-17(2)25)16-19-11-7-6-10-18(19)15-23/h5,18-19H,1,6-16H2,2-4H3. The number of esters is 2. The molecule has 5 heteroatoms. The molecule has 3 fully saturated rings. The smallest absolute Gasteiger partial charge is 0.330 e. The van der Waals surface area contributed by atoms with Crippen LogP contribution in [0.4, 0.5) is 0 Å². The molecule has 0 aromatic rings. The molecular formula is C24H36O5. The Balaban J connectivity index is 2.04. The highest BCUT2D eigenvalue weighted by molar-refractivity contribution is 5.94. The van der Waals surface area contributed by atoms with Gasteiger partial charge < -0.3 is 9.47 Å². The number of rotatable bonds is 6. The number of Topliss-reactive ketones (excluding diaryl/α,β-unsaturated/α-hetero) is 1. The Hall–Kier alpha value is -1.65. The topological polar surface area (TPSA) is 69.7 Å². The van der Waals surface area contributed by atoms with E-state index in [-0.39, 0.29) is 12.2 Å². The first-order chi connectivity index (χ1) is 13.6. The van der Waals surface area contributed by atoms with E-state index in [2.05, 4.69) is 6.58 Å². The zero-order valence-electron chi connectivity index (χ0n) is 18.3. The van der Waals surface area contributed by atoms with E-state index in [1.54, 1.807) is 0 Å². The fourth-order valence-corrected chi connectivity index (χ4v) is 6.72. The first kappa shape index (κ1) is 22.0. The summed E-state index contributed by atoms with van der Waals surface area (Å²) in [4.78, 5) is 36.5. The van der Waals surface area contributed by atoms with E-state index in [9.17, 15) is 14.4 Å². The van der Waals surface area contributed by atoms with Crippen molar-refractivity contribution in [1.82, 2.24) is 0 Å². The molecule has 3 aliphatic rings. The largest absolute Gasteiger partial charge is 0.458 e. The van der Waals surface area contributed by atoms with Crippen molar-refractivity contribution in [2.45, 2.75) is 103 Å². The van der Waals surface area contributed by atoms with Gasteiger partial charge in [-0.25, -0.2) is 4.79 Å². The maximum absolute atomic E-state index is 12.7. The lowest BCUT2D eigenvalue weighted by atomic mass is 9.45. The summed E-state index contributed by atoms with van der Waals surface area (Å²) in [5.41, 5.74) is -1.92. The molecule has 0 heterocycles. The molecule has 0 spiro atoms. The highest BCUT2D eigenvalue weighted by Gasteiger charge is 2.67. The quantitative estimate of drug-likeness (QED) is 0.357. The Morgan fingerprint density at radius 3 is 2.28 bits per heavy atom. The van der Waals surface area contributed by atoms with Crippen LogP contribution in [-0.4, -0.2) is 28.9 Å². The summed E-state index contributed by atoms with van der Waals surface area (Å²) in [6, 6.07) is 0. The van der Waals surface area contributed by atoms with Crippen molar-refractivity contribution >= 4 is 17.7 Å². The first-order valence-corrected chi connectivity index (χ1v) is 11.2. The number of fused-ring (bicyclic) bond motifs is 2. The molecule has 0 N–H and O–H groups in total. The van der Waals surface area contributed by atoms with Crippen LogP contribution < -0.4 is 0 Å². The van der Waals surface area contributed by atoms with Crippen LogP contribution in [0.25, 0.3) is 0 Å². The van der Waals surface area contributed by atoms with E-state index in [0.717, 1.165) is 38.5 Å². The van der Waals surface area contributed by atoms with Gasteiger partial charge in [0.05, 0.1) is 0 Å². The van der Waals surface area contributed by atoms with E-state index in [1.165, 1.54) is 38.7 Å². The minimum absolute atomic E-state index is 0.184. The number of hydrogen-bond donors (Lipinski definition) is 0. The lowest BCUT2D eigenvalue weighted by molar-refractivity contribution is -0.261. The summed E-state index contributed by atoms with van der Waals surface area (Å²) < 4.78 is 12.2. The van der Waals surface area contributed by atoms with Gasteiger partial charge in [-0.05, 0) is 64.7 Å². The van der Waals surface area contributed by atoms with E-state index in [1.807, 2.05) is 13.8 Å². The van der Waals surface area contributed by atoms with E-state index in [4.69, 9.17) is 9.47 Å². The minimum Gasteiger partial charge on any atom is -0.458 e. The number of carbonyl (C=O) groups is 3. The summed E-state index contributed by atoms with van der Waals surface area (Å²) in [7, 11) is 0. The van der Waals surface area contributed by atoms with Gasteiger partial charge in [0, 0.05) is 11.5 Å². The van der Waals surface area contributed by atoms with Gasteiger partial charge in [0.25, 0.3) is 0 Å². The Labute approximate surface area is 174 Å². The average Bonchev–Trinajstić information content (AvgIpc) is 2.64. The highest BCUT2D eigenvalue weighted by Crippen LogP contribution is 2.65. The number of hydrogen-bond acceptors (Lipinski definition) is 5. The fraction of sp³-hybridized carbons (Fsp3) is 0.792. The first-order valence-electron chi connectivity index (χ1n) is 11.2. The second-order valence-electron chi connectivity index (χ2n) is 9.98. The molecule has 4 unspecified atom stereocenters. The lowest BCUT2D eigenvalue weighted by Gasteiger charge is -2.64. The molecule has 4 atom stereocenters. The van der Waals surface area contributed by atoms with E-state index in [0.29, 0.717) is 11.8 Å². The van der Waals surface area contributed by atoms with Crippen molar-refractivity contribution in [3.63, 3.8) is 0 Å². The summed E-state index contributed by atoms with van der Waals surface area (Å²) >= 11 is 0. The van der Waals surface area contributed by atoms with Gasteiger partial charge in [0.15, 0.2) is 0 Å². The summed E-state index contributed by atoms with van der Waals surface area (Å²) in [6.45, 7) is 8.91. The zero-order chi connectivity index (χ0) is 21.3. The van der Waals surface area contributed by atoms with Crippen LogP contribution in [0.15, 0.2) is 12.7 Å². The summed E-state index contributed by atoms with van der Waals surface area (Å²) in [5, 5.41) is 0. The average molecular weight is 405 g/mol. The molecular weight excluding hydrogens is 368 g/mol. The third-order valence-electron chi connectivity index (χ3n) is 7.95. The molecule has 0 bridgehead atoms. The second kappa shape index (κ2) is 8.23. The van der Waals surface area contributed by atoms with Crippen molar-refractivity contribution in [3.8, 4) is 0 Å². The van der Waals surface area contributed by atoms with Gasteiger partial charge in [-0.15, -0.1) is 0 Å². The molecule has 5 nitrogen and oxygen atoms in total. The summed E-state index contributed by atoms with van der Waals surface area (Å²) in [6.07, 6.45) is 11.2. The van der Waals surface area contributed by atoms with Gasteiger partial charge in [-0.2, -0.15) is 0 Å². The maximum Gasteiger partial charge on any atom is 0.330 e. The molecule has 0 aliphatic heterocycles. The SMILES string of the molecule is C=CC(=O)OC(C)(C)C12CCCCC1(OC(=O)CC(C)=O)CC1CCCCC1C2. The molecule has 3 rings (SSSR count). The third-order valence-corrected chi connectivity index (χ3v) is 7.95.